The second-order valence-corrected chi connectivity index (χ2v) is 17.9. The van der Waals surface area contributed by atoms with Crippen LogP contribution in [-0.4, -0.2) is 96.0 Å². The van der Waals surface area contributed by atoms with Crippen molar-refractivity contribution >= 4 is 22.1 Å². The van der Waals surface area contributed by atoms with E-state index in [0.717, 1.165) is 70.6 Å². The molecule has 4 N–H and O–H groups in total. The van der Waals surface area contributed by atoms with Crippen LogP contribution in [0.2, 0.25) is 0 Å². The number of aliphatic hydroxyl groups is 3. The minimum absolute atomic E-state index is 0.146. The van der Waals surface area contributed by atoms with E-state index in [1.807, 2.05) is 0 Å². The van der Waals surface area contributed by atoms with Gasteiger partial charge in [0.05, 0.1) is 6.61 Å². The molecule has 0 aromatic heterocycles. The van der Waals surface area contributed by atoms with Crippen molar-refractivity contribution in [2.75, 3.05) is 19.0 Å². The number of allylic oxidation sites excluding steroid dienone is 6. The van der Waals surface area contributed by atoms with E-state index in [1.54, 1.807) is 0 Å². The second kappa shape index (κ2) is 37.4. The molecule has 0 amide bonds. The highest BCUT2D eigenvalue weighted by Crippen LogP contribution is 2.24. The van der Waals surface area contributed by atoms with Gasteiger partial charge in [0.2, 0.25) is 0 Å². The molecule has 0 aliphatic carbocycles. The molecule has 0 bridgehead atoms. The summed E-state index contributed by atoms with van der Waals surface area (Å²) in [5.41, 5.74) is 0. The zero-order chi connectivity index (χ0) is 44.1. The molecule has 13 heteroatoms. The maximum atomic E-state index is 12.8. The van der Waals surface area contributed by atoms with Crippen LogP contribution in [0.25, 0.3) is 0 Å². The summed E-state index contributed by atoms with van der Waals surface area (Å²) >= 11 is 0. The summed E-state index contributed by atoms with van der Waals surface area (Å²) in [7, 11) is -4.60. The van der Waals surface area contributed by atoms with E-state index in [-0.39, 0.29) is 19.4 Å². The topological polar surface area (TPSA) is 186 Å². The zero-order valence-electron chi connectivity index (χ0n) is 37.3. The number of rotatable bonds is 39. The number of unbranched alkanes of at least 4 members (excludes halogenated alkanes) is 21. The number of hydrogen-bond acceptors (Lipinski definition) is 11. The Kier molecular flexibility index (Phi) is 34.9. The lowest BCUT2D eigenvalue weighted by Gasteiger charge is -2.40. The van der Waals surface area contributed by atoms with Crippen molar-refractivity contribution in [3.05, 3.63) is 36.5 Å². The quantitative estimate of drug-likeness (QED) is 0.0199. The van der Waals surface area contributed by atoms with Gasteiger partial charge in [-0.15, -0.1) is 0 Å². The van der Waals surface area contributed by atoms with Crippen molar-refractivity contribution in [1.29, 1.82) is 0 Å². The minimum Gasteiger partial charge on any atom is -0.462 e. The first kappa shape index (κ1) is 55.9. The average molecular weight is 873 g/mol. The molecule has 60 heavy (non-hydrogen) atoms. The van der Waals surface area contributed by atoms with Gasteiger partial charge in [0.25, 0.3) is 10.1 Å². The fourth-order valence-corrected chi connectivity index (χ4v) is 7.79. The Balaban J connectivity index is 2.42. The van der Waals surface area contributed by atoms with Crippen LogP contribution in [0.1, 0.15) is 194 Å². The third-order valence-electron chi connectivity index (χ3n) is 10.7. The normalized spacial score (nSPS) is 20.4. The zero-order valence-corrected chi connectivity index (χ0v) is 38.1. The van der Waals surface area contributed by atoms with Crippen LogP contribution >= 0.6 is 0 Å². The van der Waals surface area contributed by atoms with Crippen LogP contribution < -0.4 is 0 Å². The lowest BCUT2D eigenvalue weighted by molar-refractivity contribution is -0.297. The first-order chi connectivity index (χ1) is 29.0. The molecular weight excluding hydrogens is 789 g/mol. The third kappa shape index (κ3) is 31.7. The molecule has 12 nitrogen and oxygen atoms in total. The van der Waals surface area contributed by atoms with Crippen LogP contribution in [0, 0.1) is 0 Å². The second-order valence-electron chi connectivity index (χ2n) is 16.4. The van der Waals surface area contributed by atoms with Gasteiger partial charge < -0.3 is 34.3 Å². The molecule has 1 saturated heterocycles. The Labute approximate surface area is 363 Å². The molecule has 1 heterocycles. The predicted molar refractivity (Wildman–Crippen MR) is 238 cm³/mol. The molecule has 1 aliphatic rings. The SMILES string of the molecule is CC/C=C\C/C=C\C/C=C\CCCCCCCC(=O)OC(COC(=O)CCCCCCCCCCCCCCCCCCC)COC1OC(CS(=O)(=O)O)C(O)C(O)C1O. The number of ether oxygens (including phenoxy) is 4. The van der Waals surface area contributed by atoms with E-state index in [1.165, 1.54) is 83.5 Å². The summed E-state index contributed by atoms with van der Waals surface area (Å²) < 4.78 is 54.1. The number of carbonyl (C=O) groups is 2. The molecule has 0 saturated carbocycles. The Morgan fingerprint density at radius 1 is 0.583 bits per heavy atom. The van der Waals surface area contributed by atoms with Crippen LogP contribution in [-0.2, 0) is 38.7 Å². The lowest BCUT2D eigenvalue weighted by atomic mass is 10.00. The van der Waals surface area contributed by atoms with Gasteiger partial charge in [0, 0.05) is 12.8 Å². The number of esters is 2. The fraction of sp³-hybridized carbons (Fsp3) is 0.830. The summed E-state index contributed by atoms with van der Waals surface area (Å²) in [6.07, 6.45) is 33.3. The van der Waals surface area contributed by atoms with E-state index in [0.29, 0.717) is 12.8 Å². The van der Waals surface area contributed by atoms with E-state index in [9.17, 15) is 37.9 Å². The largest absolute Gasteiger partial charge is 0.462 e. The van der Waals surface area contributed by atoms with E-state index < -0.39 is 71.2 Å². The molecule has 6 atom stereocenters. The van der Waals surface area contributed by atoms with Crippen molar-refractivity contribution < 1.29 is 56.8 Å². The smallest absolute Gasteiger partial charge is 0.306 e. The molecular formula is C47H84O12S. The Hall–Kier alpha value is -2.13. The molecule has 0 spiro atoms. The molecule has 6 unspecified atom stereocenters. The minimum atomic E-state index is -4.60. The van der Waals surface area contributed by atoms with E-state index >= 15 is 0 Å². The van der Waals surface area contributed by atoms with E-state index in [2.05, 4.69) is 50.3 Å². The first-order valence-corrected chi connectivity index (χ1v) is 25.2. The Bertz CT molecular complexity index is 1250. The van der Waals surface area contributed by atoms with Crippen molar-refractivity contribution in [3.63, 3.8) is 0 Å². The van der Waals surface area contributed by atoms with Gasteiger partial charge in [-0.05, 0) is 44.9 Å². The lowest BCUT2D eigenvalue weighted by Crippen LogP contribution is -2.60. The standard InChI is InChI=1S/C47H84O12S/c1-3-5-7-9-11-13-15-17-19-20-22-23-25-27-29-31-33-35-42(48)56-37-40(38-57-47-46(52)45(51)44(50)41(59-47)39-60(53,54)55)58-43(49)36-34-32-30-28-26-24-21-18-16-14-12-10-8-6-4-2/h6,8,12,14,18,21,40-41,44-47,50-52H,3-5,7,9-11,13,15-17,19-20,22-39H2,1-2H3,(H,53,54,55)/b8-6-,14-12-,21-18-. The molecule has 0 aromatic rings. The van der Waals surface area contributed by atoms with Crippen molar-refractivity contribution in [3.8, 4) is 0 Å². The van der Waals surface area contributed by atoms with Gasteiger partial charge in [0.15, 0.2) is 12.4 Å². The maximum Gasteiger partial charge on any atom is 0.306 e. The molecule has 1 rings (SSSR count). The first-order valence-electron chi connectivity index (χ1n) is 23.5. The van der Waals surface area contributed by atoms with Gasteiger partial charge >= 0.3 is 11.9 Å². The van der Waals surface area contributed by atoms with Crippen molar-refractivity contribution in [2.24, 2.45) is 0 Å². The van der Waals surface area contributed by atoms with Gasteiger partial charge in [-0.2, -0.15) is 8.42 Å². The van der Waals surface area contributed by atoms with Gasteiger partial charge in [-0.1, -0.05) is 172 Å². The third-order valence-corrected chi connectivity index (χ3v) is 11.5. The number of aliphatic hydroxyl groups excluding tert-OH is 3. The predicted octanol–water partition coefficient (Wildman–Crippen LogP) is 9.78. The van der Waals surface area contributed by atoms with Crippen LogP contribution in [0.4, 0.5) is 0 Å². The maximum absolute atomic E-state index is 12.8. The molecule has 350 valence electrons. The highest BCUT2D eigenvalue weighted by molar-refractivity contribution is 7.85. The van der Waals surface area contributed by atoms with Gasteiger partial charge in [-0.3, -0.25) is 14.1 Å². The average Bonchev–Trinajstić information content (AvgIpc) is 3.21. The van der Waals surface area contributed by atoms with Gasteiger partial charge in [-0.25, -0.2) is 0 Å². The van der Waals surface area contributed by atoms with Crippen LogP contribution in [0.15, 0.2) is 36.5 Å². The number of carbonyl (C=O) groups excluding carboxylic acids is 2. The highest BCUT2D eigenvalue weighted by atomic mass is 32.2. The monoisotopic (exact) mass is 873 g/mol. The van der Waals surface area contributed by atoms with Crippen LogP contribution in [0.3, 0.4) is 0 Å². The highest BCUT2D eigenvalue weighted by Gasteiger charge is 2.46. The summed E-state index contributed by atoms with van der Waals surface area (Å²) in [5, 5.41) is 30.9. The Morgan fingerprint density at radius 3 is 1.57 bits per heavy atom. The van der Waals surface area contributed by atoms with Crippen molar-refractivity contribution in [2.45, 2.75) is 230 Å². The molecule has 1 aliphatic heterocycles. The molecule has 0 radical (unpaired) electrons. The van der Waals surface area contributed by atoms with Gasteiger partial charge in [0.1, 0.15) is 36.8 Å². The van der Waals surface area contributed by atoms with Crippen LogP contribution in [0.5, 0.6) is 0 Å². The van der Waals surface area contributed by atoms with Crippen molar-refractivity contribution in [1.82, 2.24) is 0 Å². The summed E-state index contributed by atoms with van der Waals surface area (Å²) in [5.74, 6) is -2.00. The number of hydrogen-bond donors (Lipinski definition) is 4. The molecule has 0 aromatic carbocycles. The molecule has 1 fully saturated rings. The summed E-state index contributed by atoms with van der Waals surface area (Å²) in [6.45, 7) is 3.65. The summed E-state index contributed by atoms with van der Waals surface area (Å²) in [6, 6.07) is 0. The Morgan fingerprint density at radius 2 is 1.05 bits per heavy atom. The van der Waals surface area contributed by atoms with E-state index in [4.69, 9.17) is 18.9 Å². The fourth-order valence-electron chi connectivity index (χ4n) is 7.10. The summed E-state index contributed by atoms with van der Waals surface area (Å²) in [4.78, 5) is 25.4.